The van der Waals surface area contributed by atoms with Crippen LogP contribution in [-0.2, 0) is 28.6 Å². The summed E-state index contributed by atoms with van der Waals surface area (Å²) in [6.45, 7) is 13.7. The van der Waals surface area contributed by atoms with Crippen LogP contribution >= 0.6 is 0 Å². The predicted octanol–water partition coefficient (Wildman–Crippen LogP) is 3.56. The van der Waals surface area contributed by atoms with Gasteiger partial charge in [0.2, 0.25) is 0 Å². The van der Waals surface area contributed by atoms with Crippen LogP contribution in [0.2, 0.25) is 0 Å². The van der Waals surface area contributed by atoms with Gasteiger partial charge in [-0.05, 0) is 19.4 Å². The minimum atomic E-state index is -0.394. The Hall–Kier alpha value is -3.15. The lowest BCUT2D eigenvalue weighted by molar-refractivity contribution is -0.142. The van der Waals surface area contributed by atoms with E-state index in [9.17, 15) is 14.4 Å². The van der Waals surface area contributed by atoms with Gasteiger partial charge < -0.3 is 14.2 Å². The lowest BCUT2D eigenvalue weighted by atomic mass is 10.1. The quantitative estimate of drug-likeness (QED) is 0.437. The molecule has 26 heavy (non-hydrogen) atoms. The smallest absolute Gasteiger partial charge is 0.330 e. The summed E-state index contributed by atoms with van der Waals surface area (Å²) in [6, 6.07) is 9.58. The first kappa shape index (κ1) is 25.1. The Bertz CT molecular complexity index is 577. The van der Waals surface area contributed by atoms with E-state index in [1.54, 1.807) is 6.92 Å². The van der Waals surface area contributed by atoms with Crippen LogP contribution in [0.3, 0.4) is 0 Å². The molecule has 0 N–H and O–H groups in total. The number of benzene rings is 1. The molecule has 1 aromatic carbocycles. The van der Waals surface area contributed by atoms with Gasteiger partial charge in [-0.1, -0.05) is 50.1 Å². The van der Waals surface area contributed by atoms with Gasteiger partial charge in [0.1, 0.15) is 6.10 Å². The van der Waals surface area contributed by atoms with Crippen molar-refractivity contribution in [2.24, 2.45) is 0 Å². The lowest BCUT2D eigenvalue weighted by Crippen LogP contribution is -2.05. The number of hydrogen-bond donors (Lipinski definition) is 0. The van der Waals surface area contributed by atoms with E-state index in [0.29, 0.717) is 6.61 Å². The molecule has 0 fully saturated rings. The Morgan fingerprint density at radius 1 is 0.962 bits per heavy atom. The molecule has 0 heterocycles. The number of hydrogen-bond acceptors (Lipinski definition) is 6. The number of rotatable bonds is 6. The fourth-order valence-corrected chi connectivity index (χ4v) is 1.30. The second-order valence-electron chi connectivity index (χ2n) is 4.38. The fraction of sp³-hybridized carbons (Fsp3) is 0.250. The third kappa shape index (κ3) is 14.4. The van der Waals surface area contributed by atoms with Gasteiger partial charge in [0.05, 0.1) is 13.7 Å². The molecular formula is C20H26O6. The molecule has 0 aliphatic carbocycles. The zero-order valence-electron chi connectivity index (χ0n) is 15.5. The molecule has 1 rings (SSSR count). The van der Waals surface area contributed by atoms with Crippen molar-refractivity contribution in [3.63, 3.8) is 0 Å². The average Bonchev–Trinajstić information content (AvgIpc) is 2.68. The first-order valence-electron chi connectivity index (χ1n) is 7.73. The molecule has 1 atom stereocenters. The molecule has 0 bridgehead atoms. The Labute approximate surface area is 154 Å². The van der Waals surface area contributed by atoms with E-state index in [4.69, 9.17) is 4.74 Å². The maximum Gasteiger partial charge on any atom is 0.330 e. The third-order valence-corrected chi connectivity index (χ3v) is 2.55. The largest absolute Gasteiger partial charge is 0.466 e. The third-order valence-electron chi connectivity index (χ3n) is 2.55. The van der Waals surface area contributed by atoms with E-state index in [1.807, 2.05) is 37.3 Å². The average molecular weight is 362 g/mol. The molecule has 0 aliphatic rings. The molecule has 0 aromatic heterocycles. The molecule has 0 saturated heterocycles. The van der Waals surface area contributed by atoms with Crippen LogP contribution in [0.1, 0.15) is 25.5 Å². The molecule has 1 aromatic rings. The van der Waals surface area contributed by atoms with Crippen molar-refractivity contribution in [2.75, 3.05) is 13.7 Å². The number of ether oxygens (including phenoxy) is 3. The summed E-state index contributed by atoms with van der Waals surface area (Å²) in [4.78, 5) is 30.8. The summed E-state index contributed by atoms with van der Waals surface area (Å²) < 4.78 is 13.6. The van der Waals surface area contributed by atoms with Crippen molar-refractivity contribution in [1.82, 2.24) is 0 Å². The first-order valence-corrected chi connectivity index (χ1v) is 7.73. The molecule has 0 aliphatic heterocycles. The molecule has 1 unspecified atom stereocenters. The highest BCUT2D eigenvalue weighted by molar-refractivity contribution is 5.81. The molecule has 0 radical (unpaired) electrons. The van der Waals surface area contributed by atoms with Gasteiger partial charge in [0, 0.05) is 18.2 Å². The van der Waals surface area contributed by atoms with Crippen LogP contribution in [0.4, 0.5) is 0 Å². The number of methoxy groups -OCH3 is 1. The van der Waals surface area contributed by atoms with Crippen molar-refractivity contribution < 1.29 is 28.6 Å². The Balaban J connectivity index is 0. The SMILES string of the molecule is C=CC(=O)OC.C=CC(=O)OC(C)c1ccccc1.C=CC(=O)OCC. The summed E-state index contributed by atoms with van der Waals surface area (Å²) in [5, 5.41) is 0. The first-order chi connectivity index (χ1) is 12.4. The molecule has 6 nitrogen and oxygen atoms in total. The van der Waals surface area contributed by atoms with Crippen LogP contribution in [0.25, 0.3) is 0 Å². The highest BCUT2D eigenvalue weighted by Crippen LogP contribution is 2.15. The second kappa shape index (κ2) is 16.7. The predicted molar refractivity (Wildman–Crippen MR) is 100 cm³/mol. The Kier molecular flexibility index (Phi) is 16.1. The summed E-state index contributed by atoms with van der Waals surface area (Å²) in [6.07, 6.45) is 3.20. The summed E-state index contributed by atoms with van der Waals surface area (Å²) in [5.41, 5.74) is 0.984. The van der Waals surface area contributed by atoms with Crippen LogP contribution < -0.4 is 0 Å². The van der Waals surface area contributed by atoms with Gasteiger partial charge in [-0.3, -0.25) is 0 Å². The summed E-state index contributed by atoms with van der Waals surface area (Å²) >= 11 is 0. The van der Waals surface area contributed by atoms with Crippen LogP contribution in [0.15, 0.2) is 68.3 Å². The lowest BCUT2D eigenvalue weighted by Gasteiger charge is -2.11. The fourth-order valence-electron chi connectivity index (χ4n) is 1.30. The van der Waals surface area contributed by atoms with Gasteiger partial charge in [0.15, 0.2) is 0 Å². The van der Waals surface area contributed by atoms with Gasteiger partial charge in [0.25, 0.3) is 0 Å². The summed E-state index contributed by atoms with van der Waals surface area (Å²) in [5.74, 6) is -1.14. The number of carbonyl (C=O) groups is 3. The Morgan fingerprint density at radius 3 is 1.77 bits per heavy atom. The molecular weight excluding hydrogens is 336 g/mol. The highest BCUT2D eigenvalue weighted by atomic mass is 16.5. The molecule has 0 saturated carbocycles. The van der Waals surface area contributed by atoms with E-state index in [1.165, 1.54) is 13.2 Å². The van der Waals surface area contributed by atoms with E-state index in [-0.39, 0.29) is 12.1 Å². The van der Waals surface area contributed by atoms with Crippen LogP contribution in [-0.4, -0.2) is 31.6 Å². The number of carbonyl (C=O) groups excluding carboxylic acids is 3. The maximum absolute atomic E-state index is 10.9. The second-order valence-corrected chi connectivity index (χ2v) is 4.38. The molecule has 0 amide bonds. The standard InChI is InChI=1S/C11H12O2.C5H8O2.C4H6O2/c1-3-11(12)13-9(2)10-7-5-4-6-8-10;1-3-5(6)7-4-2;1-3-4(5)6-2/h3-9H,1H2,2H3;3H,1,4H2,2H3;3H,1H2,2H3. The topological polar surface area (TPSA) is 78.9 Å². The molecule has 6 heteroatoms. The minimum Gasteiger partial charge on any atom is -0.466 e. The van der Waals surface area contributed by atoms with Gasteiger partial charge in [-0.2, -0.15) is 0 Å². The Morgan fingerprint density at radius 2 is 1.46 bits per heavy atom. The van der Waals surface area contributed by atoms with Gasteiger partial charge >= 0.3 is 17.9 Å². The van der Waals surface area contributed by atoms with Crippen LogP contribution in [0.5, 0.6) is 0 Å². The van der Waals surface area contributed by atoms with E-state index in [2.05, 4.69) is 29.2 Å². The van der Waals surface area contributed by atoms with E-state index >= 15 is 0 Å². The highest BCUT2D eigenvalue weighted by Gasteiger charge is 2.07. The number of esters is 3. The zero-order chi connectivity index (χ0) is 20.4. The normalized spacial score (nSPS) is 9.50. The van der Waals surface area contributed by atoms with Crippen molar-refractivity contribution in [3.05, 3.63) is 73.9 Å². The van der Waals surface area contributed by atoms with Crippen molar-refractivity contribution in [2.45, 2.75) is 20.0 Å². The van der Waals surface area contributed by atoms with Crippen molar-refractivity contribution >= 4 is 17.9 Å². The summed E-state index contributed by atoms with van der Waals surface area (Å²) in [7, 11) is 1.31. The van der Waals surface area contributed by atoms with Gasteiger partial charge in [-0.15, -0.1) is 0 Å². The monoisotopic (exact) mass is 362 g/mol. The van der Waals surface area contributed by atoms with Crippen molar-refractivity contribution in [1.29, 1.82) is 0 Å². The van der Waals surface area contributed by atoms with E-state index in [0.717, 1.165) is 17.7 Å². The van der Waals surface area contributed by atoms with E-state index < -0.39 is 11.9 Å². The van der Waals surface area contributed by atoms with Crippen LogP contribution in [0, 0.1) is 0 Å². The molecule has 142 valence electrons. The maximum atomic E-state index is 10.9. The molecule has 0 spiro atoms. The van der Waals surface area contributed by atoms with Crippen molar-refractivity contribution in [3.8, 4) is 0 Å². The van der Waals surface area contributed by atoms with Gasteiger partial charge in [-0.25, -0.2) is 14.4 Å². The minimum absolute atomic E-state index is 0.216. The zero-order valence-corrected chi connectivity index (χ0v) is 15.5.